The van der Waals surface area contributed by atoms with Gasteiger partial charge < -0.3 is 19.9 Å². The second kappa shape index (κ2) is 6.88. The molecule has 2 rings (SSSR count). The predicted molar refractivity (Wildman–Crippen MR) is 73.5 cm³/mol. The van der Waals surface area contributed by atoms with E-state index in [2.05, 4.69) is 5.32 Å². The Morgan fingerprint density at radius 1 is 1.30 bits per heavy atom. The van der Waals surface area contributed by atoms with Gasteiger partial charge in [0.25, 0.3) is 0 Å². The Balaban J connectivity index is 1.88. The molecule has 0 fully saturated rings. The first-order valence-electron chi connectivity index (χ1n) is 6.38. The Hall–Kier alpha value is -2.11. The molecular formula is C15H17NO4. The first kappa shape index (κ1) is 14.3. The van der Waals surface area contributed by atoms with Crippen molar-refractivity contribution in [3.05, 3.63) is 59.5 Å². The number of aliphatic hydroxyl groups is 1. The number of hydrogen-bond donors (Lipinski definition) is 3. The fourth-order valence-corrected chi connectivity index (χ4v) is 1.93. The number of carboxylic acids is 1. The normalized spacial score (nSPS) is 12.2. The molecule has 0 aliphatic carbocycles. The van der Waals surface area contributed by atoms with Crippen LogP contribution < -0.4 is 5.32 Å². The molecule has 1 aromatic carbocycles. The lowest BCUT2D eigenvalue weighted by Gasteiger charge is -2.15. The number of carbonyl (C=O) groups is 1. The highest BCUT2D eigenvalue weighted by molar-refractivity contribution is 5.87. The first-order chi connectivity index (χ1) is 9.69. The summed E-state index contributed by atoms with van der Waals surface area (Å²) in [5.74, 6) is -0.475. The third-order valence-electron chi connectivity index (χ3n) is 3.01. The molecule has 0 bridgehead atoms. The summed E-state index contributed by atoms with van der Waals surface area (Å²) >= 11 is 0. The third kappa shape index (κ3) is 3.94. The molecule has 1 heterocycles. The van der Waals surface area contributed by atoms with E-state index < -0.39 is 5.97 Å². The van der Waals surface area contributed by atoms with Gasteiger partial charge in [0.1, 0.15) is 12.0 Å². The Morgan fingerprint density at radius 2 is 2.05 bits per heavy atom. The van der Waals surface area contributed by atoms with E-state index in [1.807, 2.05) is 30.3 Å². The molecule has 5 heteroatoms. The number of furan rings is 1. The third-order valence-corrected chi connectivity index (χ3v) is 3.01. The Morgan fingerprint density at radius 3 is 2.65 bits per heavy atom. The van der Waals surface area contributed by atoms with E-state index in [1.54, 1.807) is 0 Å². The standard InChI is InChI=1S/C15H17NO4/c17-9-13(6-11-4-2-1-3-5-11)16-8-14-7-12(10-20-14)15(18)19/h1-5,7,10,13,16-17H,6,8-9H2,(H,18,19). The molecule has 5 nitrogen and oxygen atoms in total. The van der Waals surface area contributed by atoms with Crippen molar-refractivity contribution < 1.29 is 19.4 Å². The van der Waals surface area contributed by atoms with Crippen LogP contribution in [0.2, 0.25) is 0 Å². The number of rotatable bonds is 7. The molecule has 3 N–H and O–H groups in total. The van der Waals surface area contributed by atoms with Gasteiger partial charge in [-0.15, -0.1) is 0 Å². The minimum Gasteiger partial charge on any atom is -0.478 e. The highest BCUT2D eigenvalue weighted by Crippen LogP contribution is 2.09. The fourth-order valence-electron chi connectivity index (χ4n) is 1.93. The Kier molecular flexibility index (Phi) is 4.92. The number of benzene rings is 1. The van der Waals surface area contributed by atoms with Crippen LogP contribution in [0.3, 0.4) is 0 Å². The van der Waals surface area contributed by atoms with E-state index in [9.17, 15) is 9.90 Å². The van der Waals surface area contributed by atoms with Gasteiger partial charge in [0.2, 0.25) is 0 Å². The molecule has 0 amide bonds. The number of nitrogens with one attached hydrogen (secondary N) is 1. The minimum absolute atomic E-state index is 0.00138. The maximum absolute atomic E-state index is 10.7. The van der Waals surface area contributed by atoms with Crippen LogP contribution in [0.1, 0.15) is 21.7 Å². The predicted octanol–water partition coefficient (Wildman–Crippen LogP) is 1.67. The summed E-state index contributed by atoms with van der Waals surface area (Å²) in [5, 5.41) is 21.3. The molecule has 0 saturated carbocycles. The average Bonchev–Trinajstić information content (AvgIpc) is 2.93. The maximum Gasteiger partial charge on any atom is 0.338 e. The van der Waals surface area contributed by atoms with Crippen LogP contribution in [0.25, 0.3) is 0 Å². The van der Waals surface area contributed by atoms with E-state index in [-0.39, 0.29) is 18.2 Å². The summed E-state index contributed by atoms with van der Waals surface area (Å²) in [5.41, 5.74) is 1.26. The van der Waals surface area contributed by atoms with Crippen molar-refractivity contribution in [1.82, 2.24) is 5.32 Å². The zero-order valence-corrected chi connectivity index (χ0v) is 11.0. The van der Waals surface area contributed by atoms with Gasteiger partial charge in [0, 0.05) is 6.04 Å². The molecule has 1 atom stereocenters. The van der Waals surface area contributed by atoms with Gasteiger partial charge in [-0.3, -0.25) is 0 Å². The van der Waals surface area contributed by atoms with E-state index in [0.717, 1.165) is 5.56 Å². The first-order valence-corrected chi connectivity index (χ1v) is 6.38. The lowest BCUT2D eigenvalue weighted by molar-refractivity contribution is 0.0696. The van der Waals surface area contributed by atoms with Crippen LogP contribution in [0.4, 0.5) is 0 Å². The molecule has 1 aromatic heterocycles. The molecule has 106 valence electrons. The van der Waals surface area contributed by atoms with Crippen LogP contribution in [-0.2, 0) is 13.0 Å². The van der Waals surface area contributed by atoms with E-state index >= 15 is 0 Å². The Bertz CT molecular complexity index is 550. The highest BCUT2D eigenvalue weighted by Gasteiger charge is 2.11. The zero-order chi connectivity index (χ0) is 14.4. The van der Waals surface area contributed by atoms with Crippen molar-refractivity contribution in [1.29, 1.82) is 0 Å². The van der Waals surface area contributed by atoms with E-state index in [0.29, 0.717) is 18.7 Å². The van der Waals surface area contributed by atoms with Gasteiger partial charge in [-0.1, -0.05) is 30.3 Å². The molecule has 0 spiro atoms. The summed E-state index contributed by atoms with van der Waals surface area (Å²) in [6, 6.07) is 11.2. The molecule has 20 heavy (non-hydrogen) atoms. The summed E-state index contributed by atoms with van der Waals surface area (Å²) in [4.78, 5) is 10.7. The van der Waals surface area contributed by atoms with Gasteiger partial charge in [-0.2, -0.15) is 0 Å². The number of aliphatic hydroxyl groups excluding tert-OH is 1. The molecule has 0 aliphatic rings. The second-order valence-electron chi connectivity index (χ2n) is 4.56. The summed E-state index contributed by atoms with van der Waals surface area (Å²) in [6.07, 6.45) is 1.91. The molecule has 1 unspecified atom stereocenters. The van der Waals surface area contributed by atoms with Crippen molar-refractivity contribution in [2.24, 2.45) is 0 Å². The van der Waals surface area contributed by atoms with Crippen LogP contribution >= 0.6 is 0 Å². The van der Waals surface area contributed by atoms with Crippen LogP contribution in [0, 0.1) is 0 Å². The molecular weight excluding hydrogens is 258 g/mol. The lowest BCUT2D eigenvalue weighted by atomic mass is 10.1. The second-order valence-corrected chi connectivity index (χ2v) is 4.56. The largest absolute Gasteiger partial charge is 0.478 e. The molecule has 0 aliphatic heterocycles. The van der Waals surface area contributed by atoms with Crippen molar-refractivity contribution >= 4 is 5.97 Å². The van der Waals surface area contributed by atoms with E-state index in [1.165, 1.54) is 12.3 Å². The quantitative estimate of drug-likeness (QED) is 0.716. The molecule has 0 saturated heterocycles. The number of hydrogen-bond acceptors (Lipinski definition) is 4. The topological polar surface area (TPSA) is 82.7 Å². The van der Waals surface area contributed by atoms with Crippen molar-refractivity contribution in [3.63, 3.8) is 0 Å². The van der Waals surface area contributed by atoms with Gasteiger partial charge in [0.05, 0.1) is 18.7 Å². The van der Waals surface area contributed by atoms with Crippen molar-refractivity contribution in [3.8, 4) is 0 Å². The zero-order valence-electron chi connectivity index (χ0n) is 11.0. The van der Waals surface area contributed by atoms with Crippen molar-refractivity contribution in [2.45, 2.75) is 19.0 Å². The van der Waals surface area contributed by atoms with Crippen LogP contribution in [0.5, 0.6) is 0 Å². The SMILES string of the molecule is O=C(O)c1coc(CNC(CO)Cc2ccccc2)c1. The van der Waals surface area contributed by atoms with E-state index in [4.69, 9.17) is 9.52 Å². The van der Waals surface area contributed by atoms with Crippen LogP contribution in [0.15, 0.2) is 47.1 Å². The Labute approximate surface area is 116 Å². The fraction of sp³-hybridized carbons (Fsp3) is 0.267. The monoisotopic (exact) mass is 275 g/mol. The van der Waals surface area contributed by atoms with Crippen LogP contribution in [-0.4, -0.2) is 28.8 Å². The van der Waals surface area contributed by atoms with Crippen molar-refractivity contribution in [2.75, 3.05) is 6.61 Å². The number of carboxylic acid groups (broad SMARTS) is 1. The minimum atomic E-state index is -1.01. The van der Waals surface area contributed by atoms with Gasteiger partial charge >= 0.3 is 5.97 Å². The summed E-state index contributed by atoms with van der Waals surface area (Å²) in [7, 11) is 0. The molecule has 0 radical (unpaired) electrons. The number of aromatic carboxylic acids is 1. The summed E-state index contributed by atoms with van der Waals surface area (Å²) < 4.78 is 5.15. The highest BCUT2D eigenvalue weighted by atomic mass is 16.4. The average molecular weight is 275 g/mol. The van der Waals surface area contributed by atoms with Gasteiger partial charge in [0.15, 0.2) is 0 Å². The lowest BCUT2D eigenvalue weighted by Crippen LogP contribution is -2.33. The molecule has 2 aromatic rings. The van der Waals surface area contributed by atoms with Gasteiger partial charge in [-0.25, -0.2) is 4.79 Å². The smallest absolute Gasteiger partial charge is 0.338 e. The maximum atomic E-state index is 10.7. The summed E-state index contributed by atoms with van der Waals surface area (Å²) in [6.45, 7) is 0.382. The van der Waals surface area contributed by atoms with Gasteiger partial charge in [-0.05, 0) is 18.1 Å².